The van der Waals surface area contributed by atoms with Crippen molar-refractivity contribution in [2.24, 2.45) is 4.99 Å². The Morgan fingerprint density at radius 2 is 2.40 bits per heavy atom. The highest BCUT2D eigenvalue weighted by Gasteiger charge is 2.20. The van der Waals surface area contributed by atoms with E-state index in [9.17, 15) is 0 Å². The smallest absolute Gasteiger partial charge is 0.191 e. The third kappa shape index (κ3) is 6.41. The zero-order chi connectivity index (χ0) is 16.6. The van der Waals surface area contributed by atoms with Crippen molar-refractivity contribution >= 4 is 53.0 Å². The van der Waals surface area contributed by atoms with E-state index >= 15 is 0 Å². The van der Waals surface area contributed by atoms with Crippen molar-refractivity contribution in [3.05, 3.63) is 23.7 Å². The minimum absolute atomic E-state index is 0. The van der Waals surface area contributed by atoms with Crippen LogP contribution in [0.4, 0.5) is 0 Å². The summed E-state index contributed by atoms with van der Waals surface area (Å²) in [6, 6.07) is 0.349. The Morgan fingerprint density at radius 1 is 1.48 bits per heavy atom. The van der Waals surface area contributed by atoms with Gasteiger partial charge in [-0.05, 0) is 19.8 Å². The lowest BCUT2D eigenvalue weighted by molar-refractivity contribution is 0.393. The van der Waals surface area contributed by atoms with Gasteiger partial charge >= 0.3 is 0 Å². The van der Waals surface area contributed by atoms with Crippen molar-refractivity contribution in [3.8, 4) is 0 Å². The molecule has 25 heavy (non-hydrogen) atoms. The lowest BCUT2D eigenvalue weighted by Gasteiger charge is -2.25. The summed E-state index contributed by atoms with van der Waals surface area (Å²) in [6.45, 7) is 4.61. The van der Waals surface area contributed by atoms with Gasteiger partial charge in [0.2, 0.25) is 0 Å². The topological polar surface area (TPSA) is 80.0 Å². The van der Waals surface area contributed by atoms with E-state index in [-0.39, 0.29) is 24.0 Å². The van der Waals surface area contributed by atoms with Gasteiger partial charge in [-0.25, -0.2) is 14.6 Å². The van der Waals surface area contributed by atoms with Crippen molar-refractivity contribution in [1.29, 1.82) is 0 Å². The Kier molecular flexibility index (Phi) is 8.96. The SMILES string of the molecule is CCNC(=NCCCSc1nccs1)NC1CCc2ncnn2C1.I. The highest BCUT2D eigenvalue weighted by molar-refractivity contribution is 14.0. The fourth-order valence-electron chi connectivity index (χ4n) is 2.57. The first-order valence-corrected chi connectivity index (χ1v) is 10.2. The van der Waals surface area contributed by atoms with Crippen molar-refractivity contribution in [2.45, 2.75) is 43.1 Å². The molecule has 0 bridgehead atoms. The lowest BCUT2D eigenvalue weighted by atomic mass is 10.1. The summed E-state index contributed by atoms with van der Waals surface area (Å²) in [5.41, 5.74) is 0. The van der Waals surface area contributed by atoms with E-state index in [0.717, 1.165) is 60.8 Å². The molecule has 0 aliphatic carbocycles. The maximum atomic E-state index is 4.69. The molecule has 1 aliphatic rings. The number of fused-ring (bicyclic) bond motifs is 1. The van der Waals surface area contributed by atoms with E-state index in [1.165, 1.54) is 0 Å². The van der Waals surface area contributed by atoms with E-state index < -0.39 is 0 Å². The number of hydrogen-bond donors (Lipinski definition) is 2. The third-order valence-electron chi connectivity index (χ3n) is 3.70. The molecule has 0 radical (unpaired) electrons. The van der Waals surface area contributed by atoms with Crippen molar-refractivity contribution in [2.75, 3.05) is 18.8 Å². The van der Waals surface area contributed by atoms with Gasteiger partial charge in [0.25, 0.3) is 0 Å². The van der Waals surface area contributed by atoms with Gasteiger partial charge in [0.1, 0.15) is 16.5 Å². The fourth-order valence-corrected chi connectivity index (χ4v) is 4.20. The molecule has 0 spiro atoms. The Balaban J connectivity index is 0.00000225. The maximum Gasteiger partial charge on any atom is 0.191 e. The molecule has 0 aromatic carbocycles. The van der Waals surface area contributed by atoms with Gasteiger partial charge in [0.05, 0.1) is 6.54 Å². The number of halogens is 1. The minimum atomic E-state index is 0. The second kappa shape index (κ2) is 11.0. The standard InChI is InChI=1S/C15H23N7S2.HI/c1-2-16-14(17-6-3-8-23-15-18-7-9-24-15)21-12-4-5-13-19-11-20-22(13)10-12;/h7,9,11-12H,2-6,8,10H2,1H3,(H2,16,17,21);1H. The summed E-state index contributed by atoms with van der Waals surface area (Å²) >= 11 is 3.49. The Labute approximate surface area is 173 Å². The Morgan fingerprint density at radius 3 is 3.20 bits per heavy atom. The van der Waals surface area contributed by atoms with Crippen LogP contribution in [0.15, 0.2) is 27.2 Å². The molecule has 1 aliphatic heterocycles. The highest BCUT2D eigenvalue weighted by Crippen LogP contribution is 2.20. The number of thiazole rings is 1. The zero-order valence-electron chi connectivity index (χ0n) is 14.2. The molecule has 1 unspecified atom stereocenters. The number of guanidine groups is 1. The van der Waals surface area contributed by atoms with Gasteiger partial charge in [-0.3, -0.25) is 4.99 Å². The number of aliphatic imine (C=N–C) groups is 1. The summed E-state index contributed by atoms with van der Waals surface area (Å²) < 4.78 is 3.12. The molecule has 0 amide bonds. The molecule has 10 heteroatoms. The number of aromatic nitrogens is 4. The van der Waals surface area contributed by atoms with Crippen LogP contribution in [0.25, 0.3) is 0 Å². The number of thioether (sulfide) groups is 1. The molecule has 138 valence electrons. The summed E-state index contributed by atoms with van der Waals surface area (Å²) in [6.07, 6.45) is 6.55. The molecule has 7 nitrogen and oxygen atoms in total. The summed E-state index contributed by atoms with van der Waals surface area (Å²) in [7, 11) is 0. The fraction of sp³-hybridized carbons (Fsp3) is 0.600. The minimum Gasteiger partial charge on any atom is -0.357 e. The number of nitrogens with one attached hydrogen (secondary N) is 2. The number of hydrogen-bond acceptors (Lipinski definition) is 6. The van der Waals surface area contributed by atoms with Crippen LogP contribution in [-0.4, -0.2) is 50.6 Å². The number of rotatable bonds is 7. The molecule has 3 heterocycles. The molecule has 0 fully saturated rings. The number of aryl methyl sites for hydroxylation is 1. The van der Waals surface area contributed by atoms with Crippen LogP contribution in [-0.2, 0) is 13.0 Å². The van der Waals surface area contributed by atoms with Gasteiger partial charge in [-0.15, -0.1) is 35.3 Å². The third-order valence-corrected chi connectivity index (χ3v) is 5.75. The average molecular weight is 493 g/mol. The van der Waals surface area contributed by atoms with Crippen molar-refractivity contribution in [3.63, 3.8) is 0 Å². The molecule has 0 saturated carbocycles. The van der Waals surface area contributed by atoms with E-state index in [2.05, 4.69) is 37.6 Å². The summed E-state index contributed by atoms with van der Waals surface area (Å²) in [4.78, 5) is 13.2. The highest BCUT2D eigenvalue weighted by atomic mass is 127. The Hall–Kier alpha value is -0.880. The van der Waals surface area contributed by atoms with Gasteiger partial charge < -0.3 is 10.6 Å². The maximum absolute atomic E-state index is 4.69. The van der Waals surface area contributed by atoms with Crippen LogP contribution in [0.1, 0.15) is 25.6 Å². The van der Waals surface area contributed by atoms with Gasteiger partial charge in [-0.1, -0.05) is 11.8 Å². The number of nitrogens with zero attached hydrogens (tertiary/aromatic N) is 5. The van der Waals surface area contributed by atoms with E-state index in [1.807, 2.05) is 16.3 Å². The molecular weight excluding hydrogens is 469 g/mol. The van der Waals surface area contributed by atoms with Crippen molar-refractivity contribution in [1.82, 2.24) is 30.4 Å². The largest absolute Gasteiger partial charge is 0.357 e. The molecule has 2 aromatic rings. The van der Waals surface area contributed by atoms with E-state index in [0.29, 0.717) is 6.04 Å². The zero-order valence-corrected chi connectivity index (χ0v) is 18.2. The summed E-state index contributed by atoms with van der Waals surface area (Å²) in [5.74, 6) is 3.02. The first-order chi connectivity index (χ1) is 11.8. The van der Waals surface area contributed by atoms with Crippen LogP contribution >= 0.6 is 47.1 Å². The first-order valence-electron chi connectivity index (χ1n) is 8.29. The Bertz CT molecular complexity index is 644. The monoisotopic (exact) mass is 493 g/mol. The van der Waals surface area contributed by atoms with Gasteiger partial charge in [0.15, 0.2) is 5.96 Å². The van der Waals surface area contributed by atoms with Crippen molar-refractivity contribution < 1.29 is 0 Å². The molecule has 2 N–H and O–H groups in total. The van der Waals surface area contributed by atoms with Gasteiger partial charge in [0, 0.05) is 42.9 Å². The molecule has 2 aromatic heterocycles. The average Bonchev–Trinajstić information content (AvgIpc) is 3.25. The predicted molar refractivity (Wildman–Crippen MR) is 114 cm³/mol. The molecular formula is C15H24IN7S2. The predicted octanol–water partition coefficient (Wildman–Crippen LogP) is 2.40. The quantitative estimate of drug-likeness (QED) is 0.203. The second-order valence-corrected chi connectivity index (χ2v) is 7.74. The van der Waals surface area contributed by atoms with Gasteiger partial charge in [-0.2, -0.15) is 5.10 Å². The van der Waals surface area contributed by atoms with E-state index in [1.54, 1.807) is 29.4 Å². The van der Waals surface area contributed by atoms with Crippen LogP contribution in [0.5, 0.6) is 0 Å². The normalized spacial score (nSPS) is 16.8. The lowest BCUT2D eigenvalue weighted by Crippen LogP contribution is -2.47. The summed E-state index contributed by atoms with van der Waals surface area (Å²) in [5, 5.41) is 13.1. The van der Waals surface area contributed by atoms with Crippen LogP contribution in [0.3, 0.4) is 0 Å². The van der Waals surface area contributed by atoms with Crippen LogP contribution in [0.2, 0.25) is 0 Å². The molecule has 0 saturated heterocycles. The van der Waals surface area contributed by atoms with Crippen LogP contribution < -0.4 is 10.6 Å². The molecule has 3 rings (SSSR count). The van der Waals surface area contributed by atoms with E-state index in [4.69, 9.17) is 0 Å². The second-order valence-electron chi connectivity index (χ2n) is 5.50. The first kappa shape index (κ1) is 20.4. The van der Waals surface area contributed by atoms with Crippen LogP contribution in [0, 0.1) is 0 Å². The molecule has 1 atom stereocenters.